The van der Waals surface area contributed by atoms with Crippen LogP contribution in [0.3, 0.4) is 0 Å². The van der Waals surface area contributed by atoms with Gasteiger partial charge in [-0.3, -0.25) is 4.40 Å². The number of nitrogens with zero attached hydrogens (tertiary/aromatic N) is 3. The van der Waals surface area contributed by atoms with Crippen molar-refractivity contribution in [3.8, 4) is 22.4 Å². The lowest BCUT2D eigenvalue weighted by Crippen LogP contribution is -2.23. The quantitative estimate of drug-likeness (QED) is 0.378. The van der Waals surface area contributed by atoms with Crippen LogP contribution < -0.4 is 10.6 Å². The smallest absolute Gasteiger partial charge is 0.182 e. The SMILES string of the molecule is c1ccc(-c2ccc(-c3nc4c(NC5CC5)nccn4c3NC3CCCCC3)cc2)cc1. The Morgan fingerprint density at radius 3 is 2.16 bits per heavy atom. The fourth-order valence-electron chi connectivity index (χ4n) is 4.73. The number of fused-ring (bicyclic) bond motifs is 1. The second kappa shape index (κ2) is 8.30. The van der Waals surface area contributed by atoms with Crippen molar-refractivity contribution in [2.24, 2.45) is 0 Å². The third-order valence-corrected chi connectivity index (χ3v) is 6.67. The van der Waals surface area contributed by atoms with Gasteiger partial charge in [0.2, 0.25) is 0 Å². The molecule has 0 amide bonds. The molecule has 2 aliphatic carbocycles. The molecule has 2 aromatic carbocycles. The molecule has 32 heavy (non-hydrogen) atoms. The van der Waals surface area contributed by atoms with Gasteiger partial charge in [0.15, 0.2) is 11.5 Å². The first-order valence-corrected chi connectivity index (χ1v) is 11.9. The minimum atomic E-state index is 0.499. The van der Waals surface area contributed by atoms with Crippen LogP contribution in [0.2, 0.25) is 0 Å². The van der Waals surface area contributed by atoms with Crippen molar-refractivity contribution < 1.29 is 0 Å². The minimum absolute atomic E-state index is 0.499. The summed E-state index contributed by atoms with van der Waals surface area (Å²) in [6.07, 6.45) is 12.7. The standard InChI is InChI=1S/C27H29N5/c1-3-7-19(8-4-1)20-11-13-21(14-12-20)24-26(30-22-9-5-2-6-10-22)32-18-17-28-25(27(32)31-24)29-23-15-16-23/h1,3-4,7-8,11-14,17-18,22-23,30H,2,5-6,9-10,15-16H2,(H,28,29). The topological polar surface area (TPSA) is 54.2 Å². The van der Waals surface area contributed by atoms with Crippen molar-refractivity contribution >= 4 is 17.3 Å². The number of aromatic nitrogens is 3. The van der Waals surface area contributed by atoms with Crippen LogP contribution >= 0.6 is 0 Å². The fraction of sp³-hybridized carbons (Fsp3) is 0.333. The molecule has 0 aliphatic heterocycles. The highest BCUT2D eigenvalue weighted by molar-refractivity contribution is 5.81. The van der Waals surface area contributed by atoms with Gasteiger partial charge in [0, 0.05) is 30.0 Å². The molecular weight excluding hydrogens is 394 g/mol. The van der Waals surface area contributed by atoms with Gasteiger partial charge in [-0.05, 0) is 36.8 Å². The number of benzene rings is 2. The monoisotopic (exact) mass is 423 g/mol. The molecule has 2 N–H and O–H groups in total. The Labute approximate surface area is 188 Å². The van der Waals surface area contributed by atoms with E-state index in [0.717, 1.165) is 28.5 Å². The zero-order valence-electron chi connectivity index (χ0n) is 18.3. The molecule has 2 aliphatic rings. The lowest BCUT2D eigenvalue weighted by Gasteiger charge is -2.24. The number of rotatable bonds is 6. The summed E-state index contributed by atoms with van der Waals surface area (Å²) in [6, 6.07) is 20.3. The van der Waals surface area contributed by atoms with Gasteiger partial charge in [-0.25, -0.2) is 9.97 Å². The zero-order chi connectivity index (χ0) is 21.3. The molecule has 4 aromatic rings. The second-order valence-corrected chi connectivity index (χ2v) is 9.12. The molecule has 2 saturated carbocycles. The molecule has 5 nitrogen and oxygen atoms in total. The number of anilines is 2. The first-order chi connectivity index (χ1) is 15.8. The summed E-state index contributed by atoms with van der Waals surface area (Å²) >= 11 is 0. The van der Waals surface area contributed by atoms with E-state index < -0.39 is 0 Å². The molecule has 0 unspecified atom stereocenters. The van der Waals surface area contributed by atoms with Crippen LogP contribution in [0.1, 0.15) is 44.9 Å². The highest BCUT2D eigenvalue weighted by Crippen LogP contribution is 2.35. The first-order valence-electron chi connectivity index (χ1n) is 11.9. The third-order valence-electron chi connectivity index (χ3n) is 6.67. The molecule has 6 rings (SSSR count). The maximum Gasteiger partial charge on any atom is 0.182 e. The molecule has 162 valence electrons. The molecule has 5 heteroatoms. The van der Waals surface area contributed by atoms with Gasteiger partial charge in [0.1, 0.15) is 11.5 Å². The Balaban J connectivity index is 1.42. The lowest BCUT2D eigenvalue weighted by atomic mass is 9.95. The molecule has 2 aromatic heterocycles. The van der Waals surface area contributed by atoms with Gasteiger partial charge < -0.3 is 10.6 Å². The number of imidazole rings is 1. The van der Waals surface area contributed by atoms with Crippen molar-refractivity contribution in [3.63, 3.8) is 0 Å². The Morgan fingerprint density at radius 2 is 1.41 bits per heavy atom. The molecular formula is C27H29N5. The molecule has 0 spiro atoms. The van der Waals surface area contributed by atoms with Crippen LogP contribution in [0, 0.1) is 0 Å². The summed E-state index contributed by atoms with van der Waals surface area (Å²) < 4.78 is 2.19. The van der Waals surface area contributed by atoms with Crippen LogP contribution in [-0.2, 0) is 0 Å². The van der Waals surface area contributed by atoms with Crippen molar-refractivity contribution in [2.45, 2.75) is 57.0 Å². The van der Waals surface area contributed by atoms with Crippen molar-refractivity contribution in [3.05, 3.63) is 67.0 Å². The van der Waals surface area contributed by atoms with E-state index in [4.69, 9.17) is 4.98 Å². The molecule has 0 atom stereocenters. The van der Waals surface area contributed by atoms with E-state index in [0.29, 0.717) is 12.1 Å². The van der Waals surface area contributed by atoms with E-state index in [2.05, 4.69) is 74.6 Å². The maximum atomic E-state index is 5.11. The van der Waals surface area contributed by atoms with Gasteiger partial charge in [0.25, 0.3) is 0 Å². The van der Waals surface area contributed by atoms with Gasteiger partial charge in [-0.1, -0.05) is 73.9 Å². The van der Waals surface area contributed by atoms with Crippen LogP contribution in [-0.4, -0.2) is 26.5 Å². The summed E-state index contributed by atoms with van der Waals surface area (Å²) in [7, 11) is 0. The normalized spacial score (nSPS) is 16.9. The van der Waals surface area contributed by atoms with Gasteiger partial charge in [-0.15, -0.1) is 0 Å². The average molecular weight is 424 g/mol. The van der Waals surface area contributed by atoms with Crippen molar-refractivity contribution in [1.82, 2.24) is 14.4 Å². The summed E-state index contributed by atoms with van der Waals surface area (Å²) in [5.41, 5.74) is 5.48. The van der Waals surface area contributed by atoms with Gasteiger partial charge in [-0.2, -0.15) is 0 Å². The first kappa shape index (κ1) is 19.4. The number of hydrogen-bond acceptors (Lipinski definition) is 4. The van der Waals surface area contributed by atoms with Crippen molar-refractivity contribution in [2.75, 3.05) is 10.6 Å². The summed E-state index contributed by atoms with van der Waals surface area (Å²) in [5, 5.41) is 7.42. The van der Waals surface area contributed by atoms with Gasteiger partial charge >= 0.3 is 0 Å². The molecule has 0 bridgehead atoms. The number of hydrogen-bond donors (Lipinski definition) is 2. The summed E-state index contributed by atoms with van der Waals surface area (Å²) in [5.74, 6) is 1.97. The van der Waals surface area contributed by atoms with E-state index in [1.807, 2.05) is 12.4 Å². The fourth-order valence-corrected chi connectivity index (χ4v) is 4.73. The Kier molecular flexibility index (Phi) is 5.02. The predicted octanol–water partition coefficient (Wildman–Crippen LogP) is 6.38. The molecule has 0 radical (unpaired) electrons. The highest BCUT2D eigenvalue weighted by atomic mass is 15.2. The highest BCUT2D eigenvalue weighted by Gasteiger charge is 2.25. The lowest BCUT2D eigenvalue weighted by molar-refractivity contribution is 0.462. The minimum Gasteiger partial charge on any atom is -0.367 e. The summed E-state index contributed by atoms with van der Waals surface area (Å²) in [6.45, 7) is 0. The van der Waals surface area contributed by atoms with Crippen LogP contribution in [0.5, 0.6) is 0 Å². The van der Waals surface area contributed by atoms with E-state index in [1.165, 1.54) is 56.1 Å². The van der Waals surface area contributed by atoms with E-state index >= 15 is 0 Å². The molecule has 2 fully saturated rings. The Hall–Kier alpha value is -3.34. The van der Waals surface area contributed by atoms with Crippen LogP contribution in [0.25, 0.3) is 28.0 Å². The Bertz CT molecular complexity index is 1200. The van der Waals surface area contributed by atoms with Crippen molar-refractivity contribution in [1.29, 1.82) is 0 Å². The molecule has 2 heterocycles. The van der Waals surface area contributed by atoms with E-state index in [-0.39, 0.29) is 0 Å². The predicted molar refractivity (Wildman–Crippen MR) is 131 cm³/mol. The zero-order valence-corrected chi connectivity index (χ0v) is 18.3. The molecule has 0 saturated heterocycles. The third kappa shape index (κ3) is 3.83. The summed E-state index contributed by atoms with van der Waals surface area (Å²) in [4.78, 5) is 9.72. The second-order valence-electron chi connectivity index (χ2n) is 9.12. The maximum absolute atomic E-state index is 5.11. The van der Waals surface area contributed by atoms with E-state index in [9.17, 15) is 0 Å². The average Bonchev–Trinajstić information content (AvgIpc) is 3.60. The number of nitrogens with one attached hydrogen (secondary N) is 2. The van der Waals surface area contributed by atoms with E-state index in [1.54, 1.807) is 0 Å². The largest absolute Gasteiger partial charge is 0.367 e. The van der Waals surface area contributed by atoms with Gasteiger partial charge in [0.05, 0.1) is 0 Å². The van der Waals surface area contributed by atoms with Crippen LogP contribution in [0.15, 0.2) is 67.0 Å². The Morgan fingerprint density at radius 1 is 0.719 bits per heavy atom. The van der Waals surface area contributed by atoms with Crippen LogP contribution in [0.4, 0.5) is 11.6 Å².